The number of non-ortho nitro benzene ring substituents is 1. The summed E-state index contributed by atoms with van der Waals surface area (Å²) in [5.41, 5.74) is 0.654. The predicted molar refractivity (Wildman–Crippen MR) is 79.6 cm³/mol. The summed E-state index contributed by atoms with van der Waals surface area (Å²) in [7, 11) is 0. The van der Waals surface area contributed by atoms with Crippen molar-refractivity contribution >= 4 is 28.3 Å². The number of rotatable bonds is 2. The van der Waals surface area contributed by atoms with E-state index in [-0.39, 0.29) is 11.2 Å². The van der Waals surface area contributed by atoms with Crippen LogP contribution in [0.1, 0.15) is 20.8 Å². The number of amidine groups is 1. The van der Waals surface area contributed by atoms with Gasteiger partial charge in [-0.2, -0.15) is 0 Å². The van der Waals surface area contributed by atoms with Crippen LogP contribution in [-0.2, 0) is 0 Å². The maximum absolute atomic E-state index is 10.6. The van der Waals surface area contributed by atoms with E-state index in [0.29, 0.717) is 0 Å². The van der Waals surface area contributed by atoms with Gasteiger partial charge in [-0.15, -0.1) is 0 Å². The molecule has 0 fully saturated rings. The Kier molecular flexibility index (Phi) is 3.61. The molecule has 19 heavy (non-hydrogen) atoms. The summed E-state index contributed by atoms with van der Waals surface area (Å²) in [4.78, 5) is 15.9. The van der Waals surface area contributed by atoms with Crippen LogP contribution in [0, 0.1) is 10.1 Å². The highest BCUT2D eigenvalue weighted by atomic mass is 32.2. The first-order chi connectivity index (χ1) is 8.85. The Hall–Kier alpha value is -1.82. The van der Waals surface area contributed by atoms with Crippen molar-refractivity contribution in [3.63, 3.8) is 0 Å². The number of allylic oxidation sites excluding steroid dienone is 1. The van der Waals surface area contributed by atoms with Gasteiger partial charge in [-0.05, 0) is 43.9 Å². The average molecular weight is 277 g/mol. The third-order valence-corrected chi connectivity index (χ3v) is 3.36. The molecule has 2 rings (SSSR count). The van der Waals surface area contributed by atoms with Crippen LogP contribution in [0.2, 0.25) is 0 Å². The molecule has 1 N–H and O–H groups in total. The van der Waals surface area contributed by atoms with Crippen LogP contribution in [0.3, 0.4) is 0 Å². The molecular formula is C13H15N3O2S. The lowest BCUT2D eigenvalue weighted by Crippen LogP contribution is -2.22. The molecule has 0 bridgehead atoms. The van der Waals surface area contributed by atoms with Crippen molar-refractivity contribution in [1.82, 2.24) is 0 Å². The molecule has 0 aliphatic carbocycles. The quantitative estimate of drug-likeness (QED) is 0.659. The van der Waals surface area contributed by atoms with Crippen molar-refractivity contribution in [3.05, 3.63) is 45.4 Å². The van der Waals surface area contributed by atoms with Crippen LogP contribution in [0.25, 0.3) is 0 Å². The molecule has 0 saturated heterocycles. The smallest absolute Gasteiger partial charge is 0.269 e. The zero-order valence-corrected chi connectivity index (χ0v) is 11.8. The first kappa shape index (κ1) is 13.6. The van der Waals surface area contributed by atoms with Gasteiger partial charge in [0.2, 0.25) is 0 Å². The van der Waals surface area contributed by atoms with Crippen molar-refractivity contribution in [2.24, 2.45) is 4.99 Å². The van der Waals surface area contributed by atoms with Crippen LogP contribution < -0.4 is 5.32 Å². The minimum absolute atomic E-state index is 0.0835. The maximum atomic E-state index is 10.6. The van der Waals surface area contributed by atoms with Gasteiger partial charge in [0.25, 0.3) is 5.69 Å². The first-order valence-electron chi connectivity index (χ1n) is 5.84. The third kappa shape index (κ3) is 3.57. The summed E-state index contributed by atoms with van der Waals surface area (Å²) >= 11 is 1.56. The zero-order valence-electron chi connectivity index (χ0n) is 11.0. The number of nitro groups is 1. The second-order valence-electron chi connectivity index (χ2n) is 4.86. The number of benzene rings is 1. The number of aliphatic imine (C=N–C) groups is 1. The van der Waals surface area contributed by atoms with Gasteiger partial charge in [0, 0.05) is 17.8 Å². The molecule has 5 nitrogen and oxygen atoms in total. The van der Waals surface area contributed by atoms with Crippen molar-refractivity contribution in [2.75, 3.05) is 5.32 Å². The third-order valence-electron chi connectivity index (χ3n) is 2.53. The fourth-order valence-corrected chi connectivity index (χ4v) is 2.94. The summed E-state index contributed by atoms with van der Waals surface area (Å²) < 4.78 is 0. The Labute approximate surface area is 116 Å². The Morgan fingerprint density at radius 2 is 1.95 bits per heavy atom. The molecule has 0 saturated carbocycles. The van der Waals surface area contributed by atoms with E-state index in [9.17, 15) is 10.1 Å². The molecule has 1 aromatic rings. The fourth-order valence-electron chi connectivity index (χ4n) is 1.84. The monoisotopic (exact) mass is 277 g/mol. The lowest BCUT2D eigenvalue weighted by atomic mass is 10.1. The number of hydrogen-bond acceptors (Lipinski definition) is 5. The summed E-state index contributed by atoms with van der Waals surface area (Å²) in [6.07, 6.45) is 2.11. The number of thioether (sulfide) groups is 1. The van der Waals surface area contributed by atoms with Gasteiger partial charge in [0.1, 0.15) is 0 Å². The molecule has 1 heterocycles. The van der Waals surface area contributed by atoms with E-state index in [4.69, 9.17) is 0 Å². The molecule has 0 unspecified atom stereocenters. The van der Waals surface area contributed by atoms with Gasteiger partial charge in [-0.1, -0.05) is 11.8 Å². The number of nitrogens with zero attached hydrogens (tertiary/aromatic N) is 2. The summed E-state index contributed by atoms with van der Waals surface area (Å²) in [5, 5.41) is 14.6. The Morgan fingerprint density at radius 1 is 1.32 bits per heavy atom. The van der Waals surface area contributed by atoms with Gasteiger partial charge in [0.15, 0.2) is 5.17 Å². The minimum Gasteiger partial charge on any atom is -0.335 e. The normalized spacial score (nSPS) is 17.4. The topological polar surface area (TPSA) is 67.5 Å². The molecule has 0 atom stereocenters. The highest BCUT2D eigenvalue weighted by molar-refractivity contribution is 8.17. The van der Waals surface area contributed by atoms with Crippen LogP contribution in [0.5, 0.6) is 0 Å². The van der Waals surface area contributed by atoms with E-state index in [1.165, 1.54) is 17.0 Å². The highest BCUT2D eigenvalue weighted by Gasteiger charge is 2.20. The molecule has 0 radical (unpaired) electrons. The number of nitro benzene ring substituents is 1. The average Bonchev–Trinajstić information content (AvgIpc) is 2.26. The summed E-state index contributed by atoms with van der Waals surface area (Å²) in [5.74, 6) is 0. The van der Waals surface area contributed by atoms with Gasteiger partial charge >= 0.3 is 0 Å². The lowest BCUT2D eigenvalue weighted by molar-refractivity contribution is -0.384. The van der Waals surface area contributed by atoms with Gasteiger partial charge in [-0.3, -0.25) is 15.1 Å². The highest BCUT2D eigenvalue weighted by Crippen LogP contribution is 2.30. The molecule has 0 spiro atoms. The molecular weight excluding hydrogens is 262 g/mol. The molecule has 0 aromatic heterocycles. The first-order valence-corrected chi connectivity index (χ1v) is 6.66. The molecule has 100 valence electrons. The predicted octanol–water partition coefficient (Wildman–Crippen LogP) is 3.79. The van der Waals surface area contributed by atoms with E-state index in [2.05, 4.69) is 16.4 Å². The number of nitrogens with one attached hydrogen (secondary N) is 1. The van der Waals surface area contributed by atoms with Crippen LogP contribution >= 0.6 is 11.8 Å². The summed E-state index contributed by atoms with van der Waals surface area (Å²) in [6, 6.07) is 6.32. The molecule has 1 aliphatic rings. The maximum Gasteiger partial charge on any atom is 0.269 e. The molecule has 0 amide bonds. The second kappa shape index (κ2) is 5.05. The van der Waals surface area contributed by atoms with Crippen LogP contribution in [0.15, 0.2) is 40.2 Å². The van der Waals surface area contributed by atoms with Gasteiger partial charge < -0.3 is 5.32 Å². The van der Waals surface area contributed by atoms with E-state index < -0.39 is 4.92 Å². The standard InChI is InChI=1S/C13H15N3O2S/c1-9-8-13(2,3)15-12(19-9)14-10-4-6-11(7-5-10)16(17)18/h4-8H,1-3H3,(H,14,15). The number of anilines is 1. The van der Waals surface area contributed by atoms with E-state index in [1.807, 2.05) is 20.8 Å². The zero-order chi connectivity index (χ0) is 14.0. The molecule has 6 heteroatoms. The van der Waals surface area contributed by atoms with Crippen LogP contribution in [-0.4, -0.2) is 15.6 Å². The van der Waals surface area contributed by atoms with Crippen molar-refractivity contribution in [1.29, 1.82) is 0 Å². The Morgan fingerprint density at radius 3 is 2.47 bits per heavy atom. The van der Waals surface area contributed by atoms with Crippen LogP contribution in [0.4, 0.5) is 11.4 Å². The van der Waals surface area contributed by atoms with Crippen molar-refractivity contribution in [3.8, 4) is 0 Å². The largest absolute Gasteiger partial charge is 0.335 e. The minimum atomic E-state index is -0.410. The molecule has 1 aromatic carbocycles. The fraction of sp³-hybridized carbons (Fsp3) is 0.308. The van der Waals surface area contributed by atoms with E-state index >= 15 is 0 Å². The van der Waals surface area contributed by atoms with E-state index in [1.54, 1.807) is 23.9 Å². The lowest BCUT2D eigenvalue weighted by Gasteiger charge is -2.24. The summed E-state index contributed by atoms with van der Waals surface area (Å²) in [6.45, 7) is 6.11. The molecule has 1 aliphatic heterocycles. The van der Waals surface area contributed by atoms with Crippen molar-refractivity contribution in [2.45, 2.75) is 26.3 Å². The van der Waals surface area contributed by atoms with Gasteiger partial charge in [0.05, 0.1) is 10.5 Å². The Bertz CT molecular complexity index is 562. The SMILES string of the molecule is CC1=CC(C)(C)N=C(Nc2ccc([N+](=O)[O-])cc2)S1. The van der Waals surface area contributed by atoms with E-state index in [0.717, 1.165) is 10.9 Å². The Balaban J connectivity index is 2.14. The number of hydrogen-bond donors (Lipinski definition) is 1. The second-order valence-corrected chi connectivity index (χ2v) is 6.09. The van der Waals surface area contributed by atoms with Crippen molar-refractivity contribution < 1.29 is 4.92 Å². The van der Waals surface area contributed by atoms with Gasteiger partial charge in [-0.25, -0.2) is 0 Å².